The van der Waals surface area contributed by atoms with Gasteiger partial charge in [0, 0.05) is 30.7 Å². The van der Waals surface area contributed by atoms with Gasteiger partial charge in [-0.3, -0.25) is 4.79 Å². The highest BCUT2D eigenvalue weighted by Crippen LogP contribution is 2.22. The van der Waals surface area contributed by atoms with Gasteiger partial charge in [-0.2, -0.15) is 5.10 Å². The van der Waals surface area contributed by atoms with Gasteiger partial charge in [-0.05, 0) is 55.5 Å². The molecule has 0 saturated carbocycles. The predicted octanol–water partition coefficient (Wildman–Crippen LogP) is 3.27. The molecule has 1 N–H and O–H groups in total. The first kappa shape index (κ1) is 16.7. The van der Waals surface area contributed by atoms with Gasteiger partial charge >= 0.3 is 0 Å². The number of aromatic nitrogens is 2. The minimum Gasteiger partial charge on any atom is -0.372 e. The van der Waals surface area contributed by atoms with Gasteiger partial charge in [0.15, 0.2) is 0 Å². The Morgan fingerprint density at radius 3 is 2.92 bits per heavy atom. The maximum Gasteiger partial charge on any atom is 0.253 e. The van der Waals surface area contributed by atoms with E-state index in [1.165, 1.54) is 0 Å². The van der Waals surface area contributed by atoms with E-state index in [0.717, 1.165) is 43.9 Å². The van der Waals surface area contributed by atoms with Crippen LogP contribution in [0.15, 0.2) is 36.4 Å². The van der Waals surface area contributed by atoms with E-state index in [2.05, 4.69) is 15.5 Å². The molecule has 3 rings (SSSR count). The van der Waals surface area contributed by atoms with Crippen molar-refractivity contribution in [1.82, 2.24) is 15.1 Å². The number of hydrogen-bond acceptors (Lipinski definition) is 4. The lowest BCUT2D eigenvalue weighted by atomic mass is 9.93. The Labute approximate surface area is 147 Å². The zero-order valence-corrected chi connectivity index (χ0v) is 14.5. The third-order valence-electron chi connectivity index (χ3n) is 4.35. The smallest absolute Gasteiger partial charge is 0.253 e. The van der Waals surface area contributed by atoms with Crippen LogP contribution in [-0.2, 0) is 6.42 Å². The van der Waals surface area contributed by atoms with Crippen molar-refractivity contribution in [2.24, 2.45) is 5.92 Å². The largest absolute Gasteiger partial charge is 0.372 e. The summed E-state index contributed by atoms with van der Waals surface area (Å²) in [6, 6.07) is 11.1. The van der Waals surface area contributed by atoms with Crippen molar-refractivity contribution in [2.75, 3.05) is 25.5 Å². The molecule has 0 bridgehead atoms. The molecule has 0 spiro atoms. The average Bonchev–Trinajstić information content (AvgIpc) is 2.62. The quantitative estimate of drug-likeness (QED) is 0.924. The monoisotopic (exact) mass is 344 g/mol. The minimum absolute atomic E-state index is 0.0545. The lowest BCUT2D eigenvalue weighted by Crippen LogP contribution is -2.40. The standard InChI is InChI=1S/C18H21ClN4O/c1-20-17-8-7-16(21-22-17)10-13-4-3-9-23(12-13)18(24)14-5-2-6-15(19)11-14/h2,5-8,11,13H,3-4,9-10,12H2,1H3,(H,20,22)/t13-/m1/s1. The molecule has 1 aromatic carbocycles. The van der Waals surface area contributed by atoms with Crippen LogP contribution in [0.25, 0.3) is 0 Å². The first-order valence-corrected chi connectivity index (χ1v) is 8.58. The summed E-state index contributed by atoms with van der Waals surface area (Å²) in [5, 5.41) is 11.9. The number of nitrogens with one attached hydrogen (secondary N) is 1. The fourth-order valence-electron chi connectivity index (χ4n) is 3.12. The van der Waals surface area contributed by atoms with E-state index in [1.807, 2.05) is 36.2 Å². The molecule has 24 heavy (non-hydrogen) atoms. The number of carbonyl (C=O) groups excluding carboxylic acids is 1. The molecule has 126 valence electrons. The van der Waals surface area contributed by atoms with E-state index in [9.17, 15) is 4.79 Å². The second-order valence-corrected chi connectivity index (χ2v) is 6.57. The van der Waals surface area contributed by atoms with Gasteiger partial charge < -0.3 is 10.2 Å². The van der Waals surface area contributed by atoms with Crippen LogP contribution in [0, 0.1) is 5.92 Å². The Balaban J connectivity index is 1.64. The van der Waals surface area contributed by atoms with E-state index < -0.39 is 0 Å². The lowest BCUT2D eigenvalue weighted by Gasteiger charge is -2.32. The molecule has 1 saturated heterocycles. The van der Waals surface area contributed by atoms with Gasteiger partial charge in [-0.15, -0.1) is 5.10 Å². The van der Waals surface area contributed by atoms with Crippen LogP contribution in [0.1, 0.15) is 28.9 Å². The average molecular weight is 345 g/mol. The second kappa shape index (κ2) is 7.62. The van der Waals surface area contributed by atoms with Gasteiger partial charge in [0.25, 0.3) is 5.91 Å². The summed E-state index contributed by atoms with van der Waals surface area (Å²) in [4.78, 5) is 14.6. The first-order valence-electron chi connectivity index (χ1n) is 8.21. The third-order valence-corrected chi connectivity index (χ3v) is 4.59. The highest BCUT2D eigenvalue weighted by Gasteiger charge is 2.25. The molecule has 1 aliphatic heterocycles. The maximum absolute atomic E-state index is 12.7. The number of likely N-dealkylation sites (tertiary alicyclic amines) is 1. The van der Waals surface area contributed by atoms with E-state index in [1.54, 1.807) is 12.1 Å². The number of nitrogens with zero attached hydrogens (tertiary/aromatic N) is 3. The van der Waals surface area contributed by atoms with Gasteiger partial charge in [-0.1, -0.05) is 17.7 Å². The fourth-order valence-corrected chi connectivity index (χ4v) is 3.31. The van der Waals surface area contributed by atoms with Crippen LogP contribution in [0.5, 0.6) is 0 Å². The summed E-state index contributed by atoms with van der Waals surface area (Å²) in [6.07, 6.45) is 2.96. The van der Waals surface area contributed by atoms with Crippen molar-refractivity contribution in [3.8, 4) is 0 Å². The van der Waals surface area contributed by atoms with Crippen LogP contribution >= 0.6 is 11.6 Å². The molecule has 5 nitrogen and oxygen atoms in total. The number of carbonyl (C=O) groups is 1. The number of amides is 1. The van der Waals surface area contributed by atoms with Crippen molar-refractivity contribution in [3.63, 3.8) is 0 Å². The molecule has 1 atom stereocenters. The predicted molar refractivity (Wildman–Crippen MR) is 95.4 cm³/mol. The molecule has 1 aromatic heterocycles. The molecular weight excluding hydrogens is 324 g/mol. The van der Waals surface area contributed by atoms with Crippen molar-refractivity contribution < 1.29 is 4.79 Å². The van der Waals surface area contributed by atoms with Crippen molar-refractivity contribution >= 4 is 23.3 Å². The molecule has 1 aliphatic rings. The topological polar surface area (TPSA) is 58.1 Å². The summed E-state index contributed by atoms with van der Waals surface area (Å²) in [5.41, 5.74) is 1.62. The minimum atomic E-state index is 0.0545. The summed E-state index contributed by atoms with van der Waals surface area (Å²) in [7, 11) is 1.82. The fraction of sp³-hybridized carbons (Fsp3) is 0.389. The number of hydrogen-bond donors (Lipinski definition) is 1. The number of anilines is 1. The van der Waals surface area contributed by atoms with Gasteiger partial charge in [-0.25, -0.2) is 0 Å². The molecule has 0 radical (unpaired) electrons. The normalized spacial score (nSPS) is 17.6. The molecule has 0 unspecified atom stereocenters. The lowest BCUT2D eigenvalue weighted by molar-refractivity contribution is 0.0672. The van der Waals surface area contributed by atoms with Gasteiger partial charge in [0.1, 0.15) is 5.82 Å². The zero-order chi connectivity index (χ0) is 16.9. The summed E-state index contributed by atoms with van der Waals surface area (Å²) >= 11 is 6.00. The summed E-state index contributed by atoms with van der Waals surface area (Å²) < 4.78 is 0. The Hall–Kier alpha value is -2.14. The van der Waals surface area contributed by atoms with E-state index >= 15 is 0 Å². The highest BCUT2D eigenvalue weighted by molar-refractivity contribution is 6.30. The van der Waals surface area contributed by atoms with Gasteiger partial charge in [0.05, 0.1) is 5.69 Å². The van der Waals surface area contributed by atoms with Crippen molar-refractivity contribution in [2.45, 2.75) is 19.3 Å². The Morgan fingerprint density at radius 2 is 2.21 bits per heavy atom. The Kier molecular flexibility index (Phi) is 5.30. The molecule has 2 aromatic rings. The molecule has 1 fully saturated rings. The second-order valence-electron chi connectivity index (χ2n) is 6.13. The van der Waals surface area contributed by atoms with Crippen LogP contribution in [-0.4, -0.2) is 41.1 Å². The number of halogens is 1. The van der Waals surface area contributed by atoms with Gasteiger partial charge in [0.2, 0.25) is 0 Å². The first-order chi connectivity index (χ1) is 11.7. The number of benzene rings is 1. The van der Waals surface area contributed by atoms with E-state index in [-0.39, 0.29) is 5.91 Å². The Morgan fingerprint density at radius 1 is 1.33 bits per heavy atom. The summed E-state index contributed by atoms with van der Waals surface area (Å²) in [5.74, 6) is 1.23. The van der Waals surface area contributed by atoms with Crippen molar-refractivity contribution in [3.05, 3.63) is 52.7 Å². The van der Waals surface area contributed by atoms with Crippen LogP contribution < -0.4 is 5.32 Å². The molecule has 2 heterocycles. The summed E-state index contributed by atoms with van der Waals surface area (Å²) in [6.45, 7) is 1.55. The molecule has 6 heteroatoms. The Bertz CT molecular complexity index is 704. The van der Waals surface area contributed by atoms with E-state index in [0.29, 0.717) is 16.5 Å². The maximum atomic E-state index is 12.7. The van der Waals surface area contributed by atoms with Crippen LogP contribution in [0.3, 0.4) is 0 Å². The van der Waals surface area contributed by atoms with E-state index in [4.69, 9.17) is 11.6 Å². The molecule has 1 amide bonds. The van der Waals surface area contributed by atoms with Crippen molar-refractivity contribution in [1.29, 1.82) is 0 Å². The number of piperidine rings is 1. The SMILES string of the molecule is CNc1ccc(C[C@H]2CCCN(C(=O)c3cccc(Cl)c3)C2)nn1. The molecular formula is C18H21ClN4O. The highest BCUT2D eigenvalue weighted by atomic mass is 35.5. The zero-order valence-electron chi connectivity index (χ0n) is 13.7. The van der Waals surface area contributed by atoms with Crippen LogP contribution in [0.2, 0.25) is 5.02 Å². The third kappa shape index (κ3) is 4.03. The number of rotatable bonds is 4. The van der Waals surface area contributed by atoms with Crippen LogP contribution in [0.4, 0.5) is 5.82 Å². The molecule has 0 aliphatic carbocycles.